The number of benzene rings is 3. The van der Waals surface area contributed by atoms with Crippen LogP contribution < -0.4 is 4.74 Å². The first-order valence-corrected chi connectivity index (χ1v) is 9.56. The Labute approximate surface area is 170 Å². The van der Waals surface area contributed by atoms with E-state index in [0.29, 0.717) is 23.8 Å². The second-order valence-corrected chi connectivity index (χ2v) is 7.18. The fourth-order valence-corrected chi connectivity index (χ4v) is 3.18. The van der Waals surface area contributed by atoms with Gasteiger partial charge in [0.05, 0.1) is 0 Å². The second-order valence-electron chi connectivity index (χ2n) is 6.77. The van der Waals surface area contributed by atoms with Gasteiger partial charge in [0.1, 0.15) is 19.0 Å². The van der Waals surface area contributed by atoms with Crippen molar-refractivity contribution >= 4 is 17.6 Å². The van der Waals surface area contributed by atoms with Crippen molar-refractivity contribution in [2.45, 2.75) is 33.5 Å². The molecule has 3 rings (SSSR count). The molecular formula is C24H23ClO3. The number of esters is 1. The van der Waals surface area contributed by atoms with Crippen molar-refractivity contribution in [3.63, 3.8) is 0 Å². The summed E-state index contributed by atoms with van der Waals surface area (Å²) in [4.78, 5) is 11.1. The zero-order valence-corrected chi connectivity index (χ0v) is 16.8. The molecule has 0 bridgehead atoms. The lowest BCUT2D eigenvalue weighted by Gasteiger charge is -2.16. The third kappa shape index (κ3) is 5.61. The minimum atomic E-state index is -0.327. The van der Waals surface area contributed by atoms with Crippen LogP contribution in [0, 0.1) is 6.92 Å². The standard InChI is InChI=1S/C24H23ClO3/c1-17-8-10-19(11-9-17)12-22-23(25)13-21(16-27-18(2)26)14-24(22)28-15-20-6-4-3-5-7-20/h3-11,13-14H,12,15-16H2,1-2H3. The second kappa shape index (κ2) is 9.43. The average molecular weight is 395 g/mol. The Morgan fingerprint density at radius 3 is 2.29 bits per heavy atom. The molecule has 0 saturated carbocycles. The molecule has 0 amide bonds. The van der Waals surface area contributed by atoms with Crippen molar-refractivity contribution in [3.05, 3.63) is 99.6 Å². The normalized spacial score (nSPS) is 10.5. The predicted molar refractivity (Wildman–Crippen MR) is 112 cm³/mol. The molecule has 0 saturated heterocycles. The third-order valence-electron chi connectivity index (χ3n) is 4.40. The zero-order valence-electron chi connectivity index (χ0n) is 16.1. The van der Waals surface area contributed by atoms with Crippen LogP contribution in [0.4, 0.5) is 0 Å². The van der Waals surface area contributed by atoms with E-state index in [9.17, 15) is 4.79 Å². The number of aryl methyl sites for hydroxylation is 1. The van der Waals surface area contributed by atoms with Gasteiger partial charge in [-0.05, 0) is 35.7 Å². The van der Waals surface area contributed by atoms with Gasteiger partial charge in [-0.25, -0.2) is 0 Å². The highest BCUT2D eigenvalue weighted by Gasteiger charge is 2.13. The Morgan fingerprint density at radius 1 is 0.893 bits per heavy atom. The highest BCUT2D eigenvalue weighted by Crippen LogP contribution is 2.32. The molecule has 3 nitrogen and oxygen atoms in total. The zero-order chi connectivity index (χ0) is 19.9. The first-order chi connectivity index (χ1) is 13.5. The van der Waals surface area contributed by atoms with Gasteiger partial charge in [-0.2, -0.15) is 0 Å². The molecule has 0 atom stereocenters. The molecule has 0 aliphatic carbocycles. The quantitative estimate of drug-likeness (QED) is 0.469. The summed E-state index contributed by atoms with van der Waals surface area (Å²) in [5, 5.41) is 0.605. The van der Waals surface area contributed by atoms with Gasteiger partial charge < -0.3 is 9.47 Å². The van der Waals surface area contributed by atoms with Crippen LogP contribution in [-0.2, 0) is 29.2 Å². The lowest BCUT2D eigenvalue weighted by molar-refractivity contribution is -0.142. The lowest BCUT2D eigenvalue weighted by Crippen LogP contribution is -2.04. The molecule has 3 aromatic carbocycles. The number of carbonyl (C=O) groups excluding carboxylic acids is 1. The monoisotopic (exact) mass is 394 g/mol. The van der Waals surface area contributed by atoms with Crippen LogP contribution in [0.1, 0.15) is 34.7 Å². The van der Waals surface area contributed by atoms with Crippen LogP contribution in [0.5, 0.6) is 5.75 Å². The molecule has 0 N–H and O–H groups in total. The van der Waals surface area contributed by atoms with Gasteiger partial charge in [-0.3, -0.25) is 4.79 Å². The highest BCUT2D eigenvalue weighted by molar-refractivity contribution is 6.31. The predicted octanol–water partition coefficient (Wildman–Crippen LogP) is 5.88. The van der Waals surface area contributed by atoms with E-state index in [4.69, 9.17) is 21.1 Å². The summed E-state index contributed by atoms with van der Waals surface area (Å²) in [6, 6.07) is 22.1. The van der Waals surface area contributed by atoms with E-state index in [0.717, 1.165) is 22.3 Å². The number of halogens is 1. The number of rotatable bonds is 7. The van der Waals surface area contributed by atoms with E-state index in [-0.39, 0.29) is 12.6 Å². The maximum absolute atomic E-state index is 11.1. The van der Waals surface area contributed by atoms with Crippen LogP contribution >= 0.6 is 11.6 Å². The first kappa shape index (κ1) is 20.0. The number of hydrogen-bond acceptors (Lipinski definition) is 3. The molecule has 0 aromatic heterocycles. The molecule has 3 aromatic rings. The number of carbonyl (C=O) groups is 1. The first-order valence-electron chi connectivity index (χ1n) is 9.18. The van der Waals surface area contributed by atoms with Gasteiger partial charge in [-0.15, -0.1) is 0 Å². The summed E-state index contributed by atoms with van der Waals surface area (Å²) in [5.74, 6) is 0.380. The molecule has 0 radical (unpaired) electrons. The van der Waals surface area contributed by atoms with Gasteiger partial charge in [0.15, 0.2) is 0 Å². The number of hydrogen-bond donors (Lipinski definition) is 0. The maximum atomic E-state index is 11.1. The van der Waals surface area contributed by atoms with Crippen molar-refractivity contribution < 1.29 is 14.3 Å². The van der Waals surface area contributed by atoms with E-state index in [1.54, 1.807) is 0 Å². The fourth-order valence-electron chi connectivity index (χ4n) is 2.88. The van der Waals surface area contributed by atoms with Gasteiger partial charge >= 0.3 is 5.97 Å². The van der Waals surface area contributed by atoms with Crippen LogP contribution in [0.2, 0.25) is 5.02 Å². The minimum absolute atomic E-state index is 0.168. The van der Waals surface area contributed by atoms with Gasteiger partial charge in [0.25, 0.3) is 0 Å². The smallest absolute Gasteiger partial charge is 0.302 e. The summed E-state index contributed by atoms with van der Waals surface area (Å²) >= 11 is 6.59. The third-order valence-corrected chi connectivity index (χ3v) is 4.73. The molecule has 0 fully saturated rings. The molecule has 4 heteroatoms. The Balaban J connectivity index is 1.88. The summed E-state index contributed by atoms with van der Waals surface area (Å²) in [7, 11) is 0. The lowest BCUT2D eigenvalue weighted by atomic mass is 10.0. The SMILES string of the molecule is CC(=O)OCc1cc(Cl)c(Cc2ccc(C)cc2)c(OCc2ccccc2)c1. The van der Waals surface area contributed by atoms with Gasteiger partial charge in [-0.1, -0.05) is 71.8 Å². The van der Waals surface area contributed by atoms with Gasteiger partial charge in [0.2, 0.25) is 0 Å². The van der Waals surface area contributed by atoms with Crippen molar-refractivity contribution in [2.24, 2.45) is 0 Å². The van der Waals surface area contributed by atoms with Crippen LogP contribution in [0.3, 0.4) is 0 Å². The Kier molecular flexibility index (Phi) is 6.72. The average Bonchev–Trinajstić information content (AvgIpc) is 2.69. The van der Waals surface area contributed by atoms with E-state index < -0.39 is 0 Å². The van der Waals surface area contributed by atoms with E-state index in [2.05, 4.69) is 31.2 Å². The Hall–Kier alpha value is -2.78. The van der Waals surface area contributed by atoms with E-state index in [1.807, 2.05) is 42.5 Å². The molecule has 0 unspecified atom stereocenters. The molecule has 0 aliphatic rings. The van der Waals surface area contributed by atoms with E-state index >= 15 is 0 Å². The molecular weight excluding hydrogens is 372 g/mol. The van der Waals surface area contributed by atoms with Crippen LogP contribution in [0.15, 0.2) is 66.7 Å². The number of ether oxygens (including phenoxy) is 2. The summed E-state index contributed by atoms with van der Waals surface area (Å²) in [6.07, 6.45) is 0.664. The molecule has 0 heterocycles. The molecule has 0 spiro atoms. The Morgan fingerprint density at radius 2 is 1.61 bits per heavy atom. The molecule has 28 heavy (non-hydrogen) atoms. The van der Waals surface area contributed by atoms with Crippen molar-refractivity contribution in [3.8, 4) is 5.75 Å². The maximum Gasteiger partial charge on any atom is 0.302 e. The molecule has 144 valence electrons. The largest absolute Gasteiger partial charge is 0.489 e. The highest BCUT2D eigenvalue weighted by atomic mass is 35.5. The van der Waals surface area contributed by atoms with Crippen LogP contribution in [0.25, 0.3) is 0 Å². The van der Waals surface area contributed by atoms with Crippen molar-refractivity contribution in [1.29, 1.82) is 0 Å². The molecule has 0 aliphatic heterocycles. The van der Waals surface area contributed by atoms with Crippen molar-refractivity contribution in [2.75, 3.05) is 0 Å². The minimum Gasteiger partial charge on any atom is -0.489 e. The van der Waals surface area contributed by atoms with Crippen LogP contribution in [-0.4, -0.2) is 5.97 Å². The van der Waals surface area contributed by atoms with Crippen molar-refractivity contribution in [1.82, 2.24) is 0 Å². The topological polar surface area (TPSA) is 35.5 Å². The summed E-state index contributed by atoms with van der Waals surface area (Å²) < 4.78 is 11.2. The van der Waals surface area contributed by atoms with Gasteiger partial charge in [0, 0.05) is 23.9 Å². The Bertz CT molecular complexity index is 934. The fraction of sp³-hybridized carbons (Fsp3) is 0.208. The van der Waals surface area contributed by atoms with E-state index in [1.165, 1.54) is 12.5 Å². The summed E-state index contributed by atoms with van der Waals surface area (Å²) in [6.45, 7) is 4.06. The summed E-state index contributed by atoms with van der Waals surface area (Å²) in [5.41, 5.74) is 5.17.